The van der Waals surface area contributed by atoms with E-state index >= 15 is 0 Å². The molecule has 1 aliphatic heterocycles. The summed E-state index contributed by atoms with van der Waals surface area (Å²) < 4.78 is 0. The second-order valence-corrected chi connectivity index (χ2v) is 6.89. The molecule has 108 valence electrons. The number of urea groups is 1. The van der Waals surface area contributed by atoms with Gasteiger partial charge >= 0.3 is 12.0 Å². The van der Waals surface area contributed by atoms with Gasteiger partial charge in [0, 0.05) is 11.8 Å². The van der Waals surface area contributed by atoms with Crippen molar-refractivity contribution in [3.63, 3.8) is 0 Å². The lowest BCUT2D eigenvalue weighted by molar-refractivity contribution is -0.140. The van der Waals surface area contributed by atoms with Crippen LogP contribution in [-0.4, -0.2) is 45.7 Å². The predicted molar refractivity (Wildman–Crippen MR) is 75.1 cm³/mol. The van der Waals surface area contributed by atoms with Crippen molar-refractivity contribution in [2.24, 2.45) is 11.8 Å². The molecule has 0 aromatic carbocycles. The van der Waals surface area contributed by atoms with Gasteiger partial charge in [0.15, 0.2) is 0 Å². The lowest BCUT2D eigenvalue weighted by atomic mass is 9.80. The van der Waals surface area contributed by atoms with E-state index in [-0.39, 0.29) is 12.1 Å². The third kappa shape index (κ3) is 3.55. The summed E-state index contributed by atoms with van der Waals surface area (Å²) in [5.41, 5.74) is 0. The Morgan fingerprint density at radius 2 is 1.84 bits per heavy atom. The van der Waals surface area contributed by atoms with E-state index in [9.17, 15) is 9.59 Å². The summed E-state index contributed by atoms with van der Waals surface area (Å²) in [7, 11) is 0. The van der Waals surface area contributed by atoms with Gasteiger partial charge in [-0.3, -0.25) is 0 Å². The van der Waals surface area contributed by atoms with Gasteiger partial charge in [0.1, 0.15) is 6.04 Å². The molecule has 6 heteroatoms. The molecule has 0 radical (unpaired) electrons. The Kier molecular flexibility index (Phi) is 4.60. The lowest BCUT2D eigenvalue weighted by Gasteiger charge is -2.33. The van der Waals surface area contributed by atoms with Gasteiger partial charge in [-0.2, -0.15) is 0 Å². The number of nitrogens with one attached hydrogen (secondary N) is 1. The minimum absolute atomic E-state index is 0.186. The van der Waals surface area contributed by atoms with Crippen LogP contribution >= 0.6 is 11.8 Å². The Bertz CT molecular complexity index is 354. The van der Waals surface area contributed by atoms with Crippen LogP contribution < -0.4 is 5.32 Å². The fourth-order valence-electron chi connectivity index (χ4n) is 3.17. The fourth-order valence-corrected chi connectivity index (χ4v) is 4.31. The van der Waals surface area contributed by atoms with Crippen LogP contribution in [0.5, 0.6) is 0 Å². The Morgan fingerprint density at radius 3 is 2.42 bits per heavy atom. The van der Waals surface area contributed by atoms with Crippen LogP contribution in [0, 0.1) is 11.8 Å². The second-order valence-electron chi connectivity index (χ2n) is 5.89. The zero-order valence-corrected chi connectivity index (χ0v) is 12.3. The Balaban J connectivity index is 1.91. The molecule has 0 spiro atoms. The highest BCUT2D eigenvalue weighted by atomic mass is 32.2. The molecule has 1 saturated heterocycles. The van der Waals surface area contributed by atoms with Gasteiger partial charge in [-0.05, 0) is 31.1 Å². The van der Waals surface area contributed by atoms with Crippen LogP contribution in [0.15, 0.2) is 0 Å². The maximum absolute atomic E-state index is 12.2. The van der Waals surface area contributed by atoms with Crippen LogP contribution in [0.1, 0.15) is 33.1 Å². The first-order valence-corrected chi connectivity index (χ1v) is 8.00. The fraction of sp³-hybridized carbons (Fsp3) is 0.846. The first kappa shape index (κ1) is 14.5. The normalized spacial score (nSPS) is 35.2. The summed E-state index contributed by atoms with van der Waals surface area (Å²) in [6, 6.07) is -0.710. The Hall–Kier alpha value is -0.910. The minimum atomic E-state index is -0.912. The number of nitrogens with zero attached hydrogens (tertiary/aromatic N) is 1. The van der Waals surface area contributed by atoms with Crippen LogP contribution in [0.4, 0.5) is 4.79 Å². The van der Waals surface area contributed by atoms with E-state index in [1.54, 1.807) is 0 Å². The van der Waals surface area contributed by atoms with Gasteiger partial charge in [0.25, 0.3) is 0 Å². The highest BCUT2D eigenvalue weighted by Gasteiger charge is 2.36. The van der Waals surface area contributed by atoms with Crippen molar-refractivity contribution in [1.82, 2.24) is 10.2 Å². The van der Waals surface area contributed by atoms with Crippen molar-refractivity contribution >= 4 is 23.8 Å². The molecule has 2 rings (SSSR count). The van der Waals surface area contributed by atoms with Crippen molar-refractivity contribution in [3.05, 3.63) is 0 Å². The topological polar surface area (TPSA) is 69.6 Å². The molecule has 2 aliphatic rings. The van der Waals surface area contributed by atoms with Crippen LogP contribution in [0.2, 0.25) is 0 Å². The molecular formula is C13H22N2O3S. The second kappa shape index (κ2) is 6.03. The number of thioether (sulfide) groups is 1. The zero-order valence-electron chi connectivity index (χ0n) is 11.5. The molecule has 0 aromatic rings. The standard InChI is InChI=1S/C13H22N2O3S/c1-8-3-9(2)5-10(4-8)14-13(18)15-7-19-6-11(15)12(16)17/h8-11H,3-7H2,1-2H3,(H,14,18)(H,16,17). The van der Waals surface area contributed by atoms with E-state index in [0.29, 0.717) is 23.5 Å². The minimum Gasteiger partial charge on any atom is -0.480 e. The number of hydrogen-bond acceptors (Lipinski definition) is 3. The lowest BCUT2D eigenvalue weighted by Crippen LogP contribution is -2.51. The summed E-state index contributed by atoms with van der Waals surface area (Å²) in [5, 5.41) is 12.1. The molecule has 0 bridgehead atoms. The number of rotatable bonds is 2. The summed E-state index contributed by atoms with van der Waals surface area (Å²) in [6.45, 7) is 4.42. The maximum Gasteiger partial charge on any atom is 0.327 e. The van der Waals surface area contributed by atoms with Gasteiger partial charge in [-0.25, -0.2) is 9.59 Å². The molecule has 1 aliphatic carbocycles. The maximum atomic E-state index is 12.2. The first-order valence-electron chi connectivity index (χ1n) is 6.85. The Labute approximate surface area is 118 Å². The van der Waals surface area contributed by atoms with Crippen molar-refractivity contribution in [3.8, 4) is 0 Å². The largest absolute Gasteiger partial charge is 0.480 e. The Morgan fingerprint density at radius 1 is 1.21 bits per heavy atom. The summed E-state index contributed by atoms with van der Waals surface area (Å²) in [6.07, 6.45) is 3.20. The number of hydrogen-bond donors (Lipinski definition) is 2. The summed E-state index contributed by atoms with van der Waals surface area (Å²) in [5.74, 6) is 1.29. The number of aliphatic carboxylic acids is 1. The average Bonchev–Trinajstić information content (AvgIpc) is 2.75. The third-order valence-corrected chi connectivity index (χ3v) is 4.95. The van der Waals surface area contributed by atoms with E-state index in [2.05, 4.69) is 19.2 Å². The van der Waals surface area contributed by atoms with Crippen molar-refractivity contribution in [2.75, 3.05) is 11.6 Å². The predicted octanol–water partition coefficient (Wildman–Crippen LogP) is 1.98. The van der Waals surface area contributed by atoms with Crippen LogP contribution in [0.3, 0.4) is 0 Å². The number of amides is 2. The van der Waals surface area contributed by atoms with Gasteiger partial charge in [0.2, 0.25) is 0 Å². The SMILES string of the molecule is CC1CC(C)CC(NC(=O)N2CSCC2C(=O)O)C1. The zero-order chi connectivity index (χ0) is 14.0. The quantitative estimate of drug-likeness (QED) is 0.814. The van der Waals surface area contributed by atoms with Crippen molar-refractivity contribution in [2.45, 2.75) is 45.2 Å². The highest BCUT2D eigenvalue weighted by molar-refractivity contribution is 7.99. The van der Waals surface area contributed by atoms with Crippen LogP contribution in [-0.2, 0) is 4.79 Å². The monoisotopic (exact) mass is 286 g/mol. The van der Waals surface area contributed by atoms with E-state index in [1.807, 2.05) is 0 Å². The van der Waals surface area contributed by atoms with E-state index in [0.717, 1.165) is 12.8 Å². The smallest absolute Gasteiger partial charge is 0.327 e. The van der Waals surface area contributed by atoms with Crippen LogP contribution in [0.25, 0.3) is 0 Å². The molecule has 2 amide bonds. The first-order chi connectivity index (χ1) is 8.97. The van der Waals surface area contributed by atoms with Gasteiger partial charge in [-0.1, -0.05) is 13.8 Å². The van der Waals surface area contributed by atoms with Crippen molar-refractivity contribution in [1.29, 1.82) is 0 Å². The van der Waals surface area contributed by atoms with Gasteiger partial charge in [-0.15, -0.1) is 11.8 Å². The van der Waals surface area contributed by atoms with E-state index < -0.39 is 12.0 Å². The third-order valence-electron chi connectivity index (χ3n) is 3.93. The number of carboxylic acid groups (broad SMARTS) is 1. The molecule has 1 saturated carbocycles. The molecule has 2 N–H and O–H groups in total. The summed E-state index contributed by atoms with van der Waals surface area (Å²) in [4.78, 5) is 24.7. The molecule has 3 unspecified atom stereocenters. The van der Waals surface area contributed by atoms with Crippen molar-refractivity contribution < 1.29 is 14.7 Å². The van der Waals surface area contributed by atoms with E-state index in [1.165, 1.54) is 23.1 Å². The molecule has 2 fully saturated rings. The van der Waals surface area contributed by atoms with E-state index in [4.69, 9.17) is 5.11 Å². The summed E-state index contributed by atoms with van der Waals surface area (Å²) >= 11 is 1.49. The number of carbonyl (C=O) groups excluding carboxylic acids is 1. The molecule has 19 heavy (non-hydrogen) atoms. The highest BCUT2D eigenvalue weighted by Crippen LogP contribution is 2.29. The molecule has 5 nitrogen and oxygen atoms in total. The molecule has 3 atom stereocenters. The van der Waals surface area contributed by atoms with Gasteiger partial charge in [0.05, 0.1) is 5.88 Å². The number of carboxylic acids is 1. The molecule has 1 heterocycles. The average molecular weight is 286 g/mol. The molecular weight excluding hydrogens is 264 g/mol. The van der Waals surface area contributed by atoms with Gasteiger partial charge < -0.3 is 15.3 Å². The molecule has 0 aromatic heterocycles. The number of carbonyl (C=O) groups is 2.